The first-order valence-corrected chi connectivity index (χ1v) is 8.69. The summed E-state index contributed by atoms with van der Waals surface area (Å²) in [5, 5.41) is 0.426. The van der Waals surface area contributed by atoms with Crippen LogP contribution in [0.5, 0.6) is 0 Å². The van der Waals surface area contributed by atoms with Crippen molar-refractivity contribution < 1.29 is 27.6 Å². The van der Waals surface area contributed by atoms with Crippen molar-refractivity contribution in [3.63, 3.8) is 0 Å². The number of thiol groups is 1. The molecule has 0 atom stereocenters. The molecule has 1 aromatic rings. The quantitative estimate of drug-likeness (QED) is 0.468. The normalized spacial score (nSPS) is 10.6. The highest BCUT2D eigenvalue weighted by molar-refractivity contribution is 7.96. The van der Waals surface area contributed by atoms with Crippen molar-refractivity contribution in [2.24, 2.45) is 0 Å². The highest BCUT2D eigenvalue weighted by Crippen LogP contribution is 2.13. The van der Waals surface area contributed by atoms with Crippen molar-refractivity contribution >= 4 is 51.1 Å². The minimum absolute atomic E-state index is 0.0359. The minimum atomic E-state index is -3.38. The Hall–Kier alpha value is -1.85. The Morgan fingerprint density at radius 1 is 1.22 bits per heavy atom. The number of rotatable bonds is 2. The highest BCUT2D eigenvalue weighted by atomic mass is 32.2. The van der Waals surface area contributed by atoms with E-state index in [1.54, 1.807) is 0 Å². The Bertz CT molecular complexity index is 717. The highest BCUT2D eigenvalue weighted by Gasteiger charge is 2.24. The summed E-state index contributed by atoms with van der Waals surface area (Å²) in [6.45, 7) is 0. The monoisotopic (exact) mass is 378 g/mol. The van der Waals surface area contributed by atoms with E-state index < -0.39 is 21.0 Å². The Balaban J connectivity index is 2.96. The van der Waals surface area contributed by atoms with Crippen LogP contribution in [0.25, 0.3) is 0 Å². The maximum atomic E-state index is 12.0. The molecule has 23 heavy (non-hydrogen) atoms. The van der Waals surface area contributed by atoms with Gasteiger partial charge in [0.15, 0.2) is 9.84 Å². The molecule has 0 saturated heterocycles. The Morgan fingerprint density at radius 2 is 1.74 bits per heavy atom. The van der Waals surface area contributed by atoms with Gasteiger partial charge in [-0.2, -0.15) is 0 Å². The molecule has 11 heteroatoms. The molecule has 0 aliphatic heterocycles. The lowest BCUT2D eigenvalue weighted by molar-refractivity contribution is -0.157. The molecule has 126 valence electrons. The number of hydrogen-bond acceptors (Lipinski definition) is 7. The third kappa shape index (κ3) is 5.08. The average molecular weight is 378 g/mol. The van der Waals surface area contributed by atoms with Gasteiger partial charge < -0.3 is 9.57 Å². The van der Waals surface area contributed by atoms with E-state index >= 15 is 0 Å². The smallest absolute Gasteiger partial charge is 0.365 e. The van der Waals surface area contributed by atoms with E-state index in [0.29, 0.717) is 5.17 Å². The number of methoxy groups -OCH3 is 1. The van der Waals surface area contributed by atoms with Gasteiger partial charge in [-0.05, 0) is 36.5 Å². The molecule has 0 N–H and O–H groups in total. The number of nitrogens with zero attached hydrogens (tertiary/aromatic N) is 2. The number of amides is 1. The van der Waals surface area contributed by atoms with Gasteiger partial charge in [-0.1, -0.05) is 17.8 Å². The number of carbonyl (C=O) groups is 2. The lowest BCUT2D eigenvalue weighted by atomic mass is 10.2. The molecule has 1 aromatic carbocycles. The van der Waals surface area contributed by atoms with Crippen LogP contribution in [0.2, 0.25) is 0 Å². The standard InChI is InChI=1S/C12H14N2O6S3/c1-13(12(22)19-2)14(11(16)21)20-10(15)8-4-6-9(7-5-8)23(3,17)18/h4-7H,1-3H3,(H,16,21). The molecule has 0 saturated carbocycles. The van der Waals surface area contributed by atoms with E-state index in [2.05, 4.69) is 12.6 Å². The fourth-order valence-corrected chi connectivity index (χ4v) is 2.28. The van der Waals surface area contributed by atoms with Crippen molar-refractivity contribution in [1.29, 1.82) is 0 Å². The Kier molecular flexibility index (Phi) is 6.36. The zero-order chi connectivity index (χ0) is 17.8. The number of sulfone groups is 1. The first kappa shape index (κ1) is 19.2. The van der Waals surface area contributed by atoms with Crippen LogP contribution in [0.3, 0.4) is 0 Å². The molecule has 0 radical (unpaired) electrons. The van der Waals surface area contributed by atoms with E-state index in [1.165, 1.54) is 38.4 Å². The second-order valence-corrected chi connectivity index (χ2v) is 6.97. The van der Waals surface area contributed by atoms with E-state index in [-0.39, 0.29) is 15.6 Å². The average Bonchev–Trinajstić information content (AvgIpc) is 2.49. The van der Waals surface area contributed by atoms with Crippen LogP contribution in [0.15, 0.2) is 29.2 Å². The number of benzene rings is 1. The van der Waals surface area contributed by atoms with Crippen LogP contribution in [-0.4, -0.2) is 55.4 Å². The van der Waals surface area contributed by atoms with E-state index in [9.17, 15) is 18.0 Å². The largest absolute Gasteiger partial charge is 0.473 e. The Morgan fingerprint density at radius 3 is 2.13 bits per heavy atom. The van der Waals surface area contributed by atoms with Gasteiger partial charge in [-0.15, -0.1) is 0 Å². The predicted molar refractivity (Wildman–Crippen MR) is 88.6 cm³/mol. The number of carbonyl (C=O) groups excluding carboxylic acids is 2. The third-order valence-electron chi connectivity index (χ3n) is 2.56. The van der Waals surface area contributed by atoms with Gasteiger partial charge in [0.05, 0.1) is 17.6 Å². The molecule has 8 nitrogen and oxygen atoms in total. The van der Waals surface area contributed by atoms with Crippen molar-refractivity contribution in [1.82, 2.24) is 10.2 Å². The number of hydrogen-bond donors (Lipinski definition) is 1. The maximum Gasteiger partial charge on any atom is 0.365 e. The molecule has 0 aliphatic rings. The molecular formula is C12H14N2O6S3. The number of hydrazine groups is 1. The molecule has 0 spiro atoms. The van der Waals surface area contributed by atoms with Crippen LogP contribution in [0.1, 0.15) is 10.4 Å². The fraction of sp³-hybridized carbons (Fsp3) is 0.250. The van der Waals surface area contributed by atoms with Crippen LogP contribution < -0.4 is 0 Å². The fourth-order valence-electron chi connectivity index (χ4n) is 1.40. The lowest BCUT2D eigenvalue weighted by Crippen LogP contribution is -2.46. The van der Waals surface area contributed by atoms with Crippen LogP contribution in [-0.2, 0) is 19.4 Å². The summed E-state index contributed by atoms with van der Waals surface area (Å²) in [5.74, 6) is -0.904. The van der Waals surface area contributed by atoms with Gasteiger partial charge in [0, 0.05) is 13.3 Å². The molecule has 1 rings (SSSR count). The summed E-state index contributed by atoms with van der Waals surface area (Å²) in [6.07, 6.45) is 1.04. The summed E-state index contributed by atoms with van der Waals surface area (Å²) in [6, 6.07) is 5.02. The predicted octanol–water partition coefficient (Wildman–Crippen LogP) is 1.29. The molecule has 0 fully saturated rings. The SMILES string of the molecule is COC(=S)N(C)N(OC(=O)c1ccc(S(C)(=O)=O)cc1)C(=O)S. The van der Waals surface area contributed by atoms with Crippen molar-refractivity contribution in [2.45, 2.75) is 4.90 Å². The van der Waals surface area contributed by atoms with E-state index in [1.807, 2.05) is 0 Å². The summed E-state index contributed by atoms with van der Waals surface area (Å²) in [5.41, 5.74) is 0.0359. The molecule has 1 amide bonds. The van der Waals surface area contributed by atoms with Crippen LogP contribution in [0.4, 0.5) is 4.79 Å². The van der Waals surface area contributed by atoms with Crippen molar-refractivity contribution in [2.75, 3.05) is 20.4 Å². The van der Waals surface area contributed by atoms with Gasteiger partial charge in [0.2, 0.25) is 0 Å². The summed E-state index contributed by atoms with van der Waals surface area (Å²) in [4.78, 5) is 28.4. The van der Waals surface area contributed by atoms with Gasteiger partial charge in [0.25, 0.3) is 5.17 Å². The number of hydroxylamine groups is 1. The van der Waals surface area contributed by atoms with E-state index in [0.717, 1.165) is 11.3 Å². The van der Waals surface area contributed by atoms with Crippen molar-refractivity contribution in [3.8, 4) is 0 Å². The van der Waals surface area contributed by atoms with Gasteiger partial charge in [-0.25, -0.2) is 18.2 Å². The van der Waals surface area contributed by atoms with Crippen LogP contribution in [0, 0.1) is 0 Å². The number of thiocarbonyl (C=S) groups is 1. The topological polar surface area (TPSA) is 93.2 Å². The first-order chi connectivity index (χ1) is 10.6. The minimum Gasteiger partial charge on any atom is -0.473 e. The Labute approximate surface area is 144 Å². The molecule has 0 aliphatic carbocycles. The molecule has 0 unspecified atom stereocenters. The number of ether oxygens (including phenoxy) is 1. The third-order valence-corrected chi connectivity index (χ3v) is 4.29. The lowest BCUT2D eigenvalue weighted by Gasteiger charge is -2.28. The van der Waals surface area contributed by atoms with E-state index in [4.69, 9.17) is 21.8 Å². The van der Waals surface area contributed by atoms with Gasteiger partial charge in [-0.3, -0.25) is 4.79 Å². The second-order valence-electron chi connectivity index (χ2n) is 4.22. The van der Waals surface area contributed by atoms with Crippen LogP contribution >= 0.6 is 24.8 Å². The summed E-state index contributed by atoms with van der Waals surface area (Å²) < 4.78 is 27.5. The summed E-state index contributed by atoms with van der Waals surface area (Å²) in [7, 11) is -0.764. The molecule has 0 bridgehead atoms. The zero-order valence-corrected chi connectivity index (χ0v) is 14.9. The van der Waals surface area contributed by atoms with Crippen molar-refractivity contribution in [3.05, 3.63) is 29.8 Å². The molecule has 0 heterocycles. The second kappa shape index (κ2) is 7.62. The molecule has 0 aromatic heterocycles. The summed E-state index contributed by atoms with van der Waals surface area (Å²) >= 11 is 8.40. The first-order valence-electron chi connectivity index (χ1n) is 5.95. The van der Waals surface area contributed by atoms with Gasteiger partial charge >= 0.3 is 11.2 Å². The molecular weight excluding hydrogens is 364 g/mol. The van der Waals surface area contributed by atoms with Gasteiger partial charge in [0.1, 0.15) is 0 Å². The maximum absolute atomic E-state index is 12.0. The zero-order valence-electron chi connectivity index (χ0n) is 12.4.